The van der Waals surface area contributed by atoms with Crippen molar-refractivity contribution < 1.29 is 14.3 Å². The fourth-order valence-corrected chi connectivity index (χ4v) is 1.70. The maximum atomic E-state index is 11.8. The number of aromatic nitrogens is 2. The van der Waals surface area contributed by atoms with E-state index in [-0.39, 0.29) is 12.3 Å². The highest BCUT2D eigenvalue weighted by Crippen LogP contribution is 2.27. The first-order valence-corrected chi connectivity index (χ1v) is 5.72. The maximum absolute atomic E-state index is 11.8. The number of aromatic amines is 1. The number of hydrogen-bond donors (Lipinski definition) is 2. The van der Waals surface area contributed by atoms with Gasteiger partial charge in [0.05, 0.1) is 32.5 Å². The summed E-state index contributed by atoms with van der Waals surface area (Å²) < 4.78 is 10.3. The van der Waals surface area contributed by atoms with Gasteiger partial charge in [0.25, 0.3) is 0 Å². The molecule has 2 aromatic rings. The van der Waals surface area contributed by atoms with E-state index in [0.29, 0.717) is 17.2 Å². The lowest BCUT2D eigenvalue weighted by Crippen LogP contribution is -2.14. The van der Waals surface area contributed by atoms with Crippen molar-refractivity contribution in [3.63, 3.8) is 0 Å². The Morgan fingerprint density at radius 3 is 2.74 bits per heavy atom. The number of benzene rings is 1. The number of methoxy groups -OCH3 is 2. The Balaban J connectivity index is 2.04. The van der Waals surface area contributed by atoms with E-state index in [0.717, 1.165) is 5.56 Å². The number of rotatable bonds is 5. The van der Waals surface area contributed by atoms with Crippen LogP contribution >= 0.6 is 0 Å². The van der Waals surface area contributed by atoms with Crippen molar-refractivity contribution in [1.82, 2.24) is 10.2 Å². The average molecular weight is 261 g/mol. The van der Waals surface area contributed by atoms with Crippen molar-refractivity contribution in [2.45, 2.75) is 6.42 Å². The lowest BCUT2D eigenvalue weighted by Gasteiger charge is -2.09. The Morgan fingerprint density at radius 1 is 1.32 bits per heavy atom. The fourth-order valence-electron chi connectivity index (χ4n) is 1.70. The van der Waals surface area contributed by atoms with E-state index in [9.17, 15) is 4.79 Å². The highest BCUT2D eigenvalue weighted by atomic mass is 16.5. The van der Waals surface area contributed by atoms with Crippen molar-refractivity contribution in [1.29, 1.82) is 0 Å². The standard InChI is InChI=1S/C13H15N3O3/c1-18-11-4-3-9(5-12(11)19-2)6-13(17)16-10-7-14-15-8-10/h3-5,7-8H,6H2,1-2H3,(H,14,15)(H,16,17). The van der Waals surface area contributed by atoms with Gasteiger partial charge in [-0.1, -0.05) is 6.07 Å². The zero-order valence-electron chi connectivity index (χ0n) is 10.8. The van der Waals surface area contributed by atoms with Crippen molar-refractivity contribution in [2.24, 2.45) is 0 Å². The molecule has 0 atom stereocenters. The summed E-state index contributed by atoms with van der Waals surface area (Å²) in [5.74, 6) is 1.13. The summed E-state index contributed by atoms with van der Waals surface area (Å²) in [6.45, 7) is 0. The van der Waals surface area contributed by atoms with E-state index in [1.807, 2.05) is 6.07 Å². The van der Waals surface area contributed by atoms with Gasteiger partial charge in [0.15, 0.2) is 11.5 Å². The monoisotopic (exact) mass is 261 g/mol. The molecule has 0 fully saturated rings. The predicted octanol–water partition coefficient (Wildman–Crippen LogP) is 1.61. The SMILES string of the molecule is COc1ccc(CC(=O)Nc2cn[nH]c2)cc1OC. The number of H-pyrrole nitrogens is 1. The Labute approximate surface area is 110 Å². The lowest BCUT2D eigenvalue weighted by atomic mass is 10.1. The first kappa shape index (κ1) is 12.9. The number of nitrogens with zero attached hydrogens (tertiary/aromatic N) is 1. The van der Waals surface area contributed by atoms with Crippen LogP contribution in [0.15, 0.2) is 30.6 Å². The van der Waals surface area contributed by atoms with Gasteiger partial charge in [-0.05, 0) is 17.7 Å². The van der Waals surface area contributed by atoms with Gasteiger partial charge in [-0.15, -0.1) is 0 Å². The molecule has 1 amide bonds. The van der Waals surface area contributed by atoms with Crippen LogP contribution in [0.5, 0.6) is 11.5 Å². The normalized spacial score (nSPS) is 10.0. The molecular weight excluding hydrogens is 246 g/mol. The van der Waals surface area contributed by atoms with Gasteiger partial charge in [-0.3, -0.25) is 9.89 Å². The number of carbonyl (C=O) groups excluding carboxylic acids is 1. The summed E-state index contributed by atoms with van der Waals surface area (Å²) >= 11 is 0. The minimum absolute atomic E-state index is 0.117. The molecule has 0 aliphatic heterocycles. The molecule has 0 radical (unpaired) electrons. The molecule has 0 unspecified atom stereocenters. The molecule has 1 aromatic carbocycles. The van der Waals surface area contributed by atoms with Gasteiger partial charge in [0.1, 0.15) is 0 Å². The predicted molar refractivity (Wildman–Crippen MR) is 70.5 cm³/mol. The van der Waals surface area contributed by atoms with Crippen LogP contribution in [-0.2, 0) is 11.2 Å². The molecule has 1 heterocycles. The highest BCUT2D eigenvalue weighted by molar-refractivity contribution is 5.92. The third-order valence-corrected chi connectivity index (χ3v) is 2.59. The minimum Gasteiger partial charge on any atom is -0.493 e. The van der Waals surface area contributed by atoms with Crippen LogP contribution in [-0.4, -0.2) is 30.3 Å². The zero-order chi connectivity index (χ0) is 13.7. The zero-order valence-corrected chi connectivity index (χ0v) is 10.8. The number of amides is 1. The Morgan fingerprint density at radius 2 is 2.11 bits per heavy atom. The molecule has 6 nitrogen and oxygen atoms in total. The maximum Gasteiger partial charge on any atom is 0.228 e. The molecule has 0 aliphatic carbocycles. The fraction of sp³-hybridized carbons (Fsp3) is 0.231. The van der Waals surface area contributed by atoms with Crippen LogP contribution in [0.3, 0.4) is 0 Å². The van der Waals surface area contributed by atoms with E-state index in [2.05, 4.69) is 15.5 Å². The molecule has 0 spiro atoms. The van der Waals surface area contributed by atoms with E-state index >= 15 is 0 Å². The van der Waals surface area contributed by atoms with Crippen molar-refractivity contribution in [2.75, 3.05) is 19.5 Å². The smallest absolute Gasteiger partial charge is 0.228 e. The summed E-state index contributed by atoms with van der Waals surface area (Å²) in [4.78, 5) is 11.8. The van der Waals surface area contributed by atoms with Crippen LogP contribution in [0.25, 0.3) is 0 Å². The molecule has 0 saturated carbocycles. The molecular formula is C13H15N3O3. The van der Waals surface area contributed by atoms with Crippen LogP contribution in [0.2, 0.25) is 0 Å². The summed E-state index contributed by atoms with van der Waals surface area (Å²) in [5.41, 5.74) is 1.49. The number of nitrogens with one attached hydrogen (secondary N) is 2. The second-order valence-corrected chi connectivity index (χ2v) is 3.90. The second kappa shape index (κ2) is 5.90. The van der Waals surface area contributed by atoms with E-state index in [4.69, 9.17) is 9.47 Å². The van der Waals surface area contributed by atoms with Gasteiger partial charge in [-0.2, -0.15) is 5.10 Å². The van der Waals surface area contributed by atoms with E-state index in [1.165, 1.54) is 0 Å². The topological polar surface area (TPSA) is 76.2 Å². The minimum atomic E-state index is -0.117. The molecule has 0 aliphatic rings. The average Bonchev–Trinajstić information content (AvgIpc) is 2.91. The Bertz CT molecular complexity index is 552. The van der Waals surface area contributed by atoms with Crippen molar-refractivity contribution in [3.05, 3.63) is 36.2 Å². The van der Waals surface area contributed by atoms with Crippen LogP contribution < -0.4 is 14.8 Å². The molecule has 2 rings (SSSR count). The molecule has 1 aromatic heterocycles. The van der Waals surface area contributed by atoms with Crippen LogP contribution in [0.4, 0.5) is 5.69 Å². The number of hydrogen-bond acceptors (Lipinski definition) is 4. The summed E-state index contributed by atoms with van der Waals surface area (Å²) in [7, 11) is 3.14. The van der Waals surface area contributed by atoms with Crippen LogP contribution in [0, 0.1) is 0 Å². The quantitative estimate of drug-likeness (QED) is 0.857. The van der Waals surface area contributed by atoms with Crippen molar-refractivity contribution >= 4 is 11.6 Å². The van der Waals surface area contributed by atoms with Gasteiger partial charge >= 0.3 is 0 Å². The van der Waals surface area contributed by atoms with Crippen molar-refractivity contribution in [3.8, 4) is 11.5 Å². The summed E-state index contributed by atoms with van der Waals surface area (Å²) in [6.07, 6.45) is 3.42. The second-order valence-electron chi connectivity index (χ2n) is 3.90. The molecule has 0 saturated heterocycles. The molecule has 6 heteroatoms. The van der Waals surface area contributed by atoms with Gasteiger partial charge in [0, 0.05) is 6.20 Å². The summed E-state index contributed by atoms with van der Waals surface area (Å²) in [6, 6.07) is 5.39. The molecule has 0 bridgehead atoms. The third-order valence-electron chi connectivity index (χ3n) is 2.59. The van der Waals surface area contributed by atoms with Gasteiger partial charge in [-0.25, -0.2) is 0 Å². The van der Waals surface area contributed by atoms with Gasteiger partial charge in [0.2, 0.25) is 5.91 Å². The summed E-state index contributed by atoms with van der Waals surface area (Å²) in [5, 5.41) is 9.12. The third kappa shape index (κ3) is 3.25. The lowest BCUT2D eigenvalue weighted by molar-refractivity contribution is -0.115. The van der Waals surface area contributed by atoms with Crippen LogP contribution in [0.1, 0.15) is 5.56 Å². The number of anilines is 1. The van der Waals surface area contributed by atoms with E-state index < -0.39 is 0 Å². The highest BCUT2D eigenvalue weighted by Gasteiger charge is 2.08. The molecule has 2 N–H and O–H groups in total. The number of ether oxygens (including phenoxy) is 2. The molecule has 19 heavy (non-hydrogen) atoms. The first-order chi connectivity index (χ1) is 9.22. The van der Waals surface area contributed by atoms with Gasteiger partial charge < -0.3 is 14.8 Å². The van der Waals surface area contributed by atoms with E-state index in [1.54, 1.807) is 38.7 Å². The Hall–Kier alpha value is -2.50. The molecule has 100 valence electrons. The number of carbonyl (C=O) groups is 1. The Kier molecular flexibility index (Phi) is 4.02. The first-order valence-electron chi connectivity index (χ1n) is 5.72. The largest absolute Gasteiger partial charge is 0.493 e.